The Labute approximate surface area is 73.7 Å². The third-order valence-electron chi connectivity index (χ3n) is 2.51. The van der Waals surface area contributed by atoms with Crippen LogP contribution >= 0.6 is 12.2 Å². The first kappa shape index (κ1) is 8.78. The zero-order valence-corrected chi connectivity index (χ0v) is 8.03. The summed E-state index contributed by atoms with van der Waals surface area (Å²) in [7, 11) is 0. The van der Waals surface area contributed by atoms with Crippen LogP contribution in [0.15, 0.2) is 0 Å². The van der Waals surface area contributed by atoms with E-state index in [0.717, 1.165) is 6.42 Å². The maximum Gasteiger partial charge on any atom is 0.166 e. The molecule has 2 nitrogen and oxygen atoms in total. The molecule has 1 aliphatic heterocycles. The summed E-state index contributed by atoms with van der Waals surface area (Å²) in [5.74, 6) is 0. The van der Waals surface area contributed by atoms with Gasteiger partial charge in [-0.15, -0.1) is 0 Å². The molecule has 0 aromatic rings. The highest BCUT2D eigenvalue weighted by atomic mass is 32.1. The van der Waals surface area contributed by atoms with Gasteiger partial charge in [0.2, 0.25) is 0 Å². The number of likely N-dealkylation sites (tertiary alicyclic amines) is 1. The molecule has 0 bridgehead atoms. The standard InChI is InChI=1S/C8H16N2S/c1-3-7-5-4-6(2)10(7)8(9)11/h6-7H,3-5H2,1-2H3,(H2,9,11). The molecule has 0 amide bonds. The van der Waals surface area contributed by atoms with E-state index in [1.165, 1.54) is 12.8 Å². The van der Waals surface area contributed by atoms with E-state index < -0.39 is 0 Å². The van der Waals surface area contributed by atoms with Gasteiger partial charge in [-0.25, -0.2) is 0 Å². The third-order valence-corrected chi connectivity index (χ3v) is 2.72. The lowest BCUT2D eigenvalue weighted by atomic mass is 10.2. The summed E-state index contributed by atoms with van der Waals surface area (Å²) in [6.07, 6.45) is 3.63. The molecule has 3 heteroatoms. The van der Waals surface area contributed by atoms with Crippen LogP contribution in [0.1, 0.15) is 33.1 Å². The Kier molecular flexibility index (Phi) is 2.71. The van der Waals surface area contributed by atoms with Gasteiger partial charge in [-0.3, -0.25) is 0 Å². The van der Waals surface area contributed by atoms with Crippen molar-refractivity contribution in [1.29, 1.82) is 0 Å². The summed E-state index contributed by atoms with van der Waals surface area (Å²) in [6.45, 7) is 4.38. The van der Waals surface area contributed by atoms with Crippen molar-refractivity contribution in [3.05, 3.63) is 0 Å². The zero-order valence-electron chi connectivity index (χ0n) is 7.21. The second kappa shape index (κ2) is 3.39. The fourth-order valence-electron chi connectivity index (χ4n) is 1.87. The van der Waals surface area contributed by atoms with Crippen molar-refractivity contribution in [1.82, 2.24) is 4.90 Å². The van der Waals surface area contributed by atoms with Gasteiger partial charge in [0.1, 0.15) is 0 Å². The van der Waals surface area contributed by atoms with E-state index in [0.29, 0.717) is 17.2 Å². The summed E-state index contributed by atoms with van der Waals surface area (Å²) in [6, 6.07) is 1.15. The SMILES string of the molecule is CCC1CCC(C)N1C(N)=S. The average Bonchev–Trinajstić information content (AvgIpc) is 2.30. The van der Waals surface area contributed by atoms with Crippen LogP contribution in [0.25, 0.3) is 0 Å². The van der Waals surface area contributed by atoms with Gasteiger partial charge in [-0.05, 0) is 38.4 Å². The minimum Gasteiger partial charge on any atom is -0.376 e. The number of nitrogens with two attached hydrogens (primary N) is 1. The number of nitrogens with zero attached hydrogens (tertiary/aromatic N) is 1. The predicted octanol–water partition coefficient (Wildman–Crippen LogP) is 1.49. The van der Waals surface area contributed by atoms with Crippen LogP contribution in [0.2, 0.25) is 0 Å². The molecule has 1 heterocycles. The van der Waals surface area contributed by atoms with Crippen LogP contribution in [-0.4, -0.2) is 22.1 Å². The van der Waals surface area contributed by atoms with Crippen LogP contribution in [0.5, 0.6) is 0 Å². The molecule has 1 fully saturated rings. The van der Waals surface area contributed by atoms with Crippen LogP contribution < -0.4 is 5.73 Å². The quantitative estimate of drug-likeness (QED) is 0.608. The molecule has 2 atom stereocenters. The van der Waals surface area contributed by atoms with Gasteiger partial charge in [0.05, 0.1) is 0 Å². The number of hydrogen-bond acceptors (Lipinski definition) is 1. The van der Waals surface area contributed by atoms with E-state index in [1.807, 2.05) is 0 Å². The molecule has 2 unspecified atom stereocenters. The van der Waals surface area contributed by atoms with Crippen LogP contribution in [-0.2, 0) is 0 Å². The first-order chi connectivity index (χ1) is 5.16. The Morgan fingerprint density at radius 2 is 2.27 bits per heavy atom. The minimum absolute atomic E-state index is 0.553. The van der Waals surface area contributed by atoms with Gasteiger partial charge in [0.25, 0.3) is 0 Å². The molecular weight excluding hydrogens is 156 g/mol. The van der Waals surface area contributed by atoms with Crippen molar-refractivity contribution < 1.29 is 0 Å². The van der Waals surface area contributed by atoms with E-state index in [1.54, 1.807) is 0 Å². The summed E-state index contributed by atoms with van der Waals surface area (Å²) in [4.78, 5) is 2.18. The Hall–Kier alpha value is -0.310. The van der Waals surface area contributed by atoms with Gasteiger partial charge >= 0.3 is 0 Å². The fourth-order valence-corrected chi connectivity index (χ4v) is 2.20. The van der Waals surface area contributed by atoms with Crippen molar-refractivity contribution >= 4 is 17.3 Å². The van der Waals surface area contributed by atoms with Crippen LogP contribution in [0.3, 0.4) is 0 Å². The molecule has 64 valence electrons. The lowest BCUT2D eigenvalue weighted by Crippen LogP contribution is -2.42. The molecule has 1 saturated heterocycles. The lowest BCUT2D eigenvalue weighted by molar-refractivity contribution is 0.323. The first-order valence-corrected chi connectivity index (χ1v) is 4.65. The van der Waals surface area contributed by atoms with E-state index >= 15 is 0 Å². The van der Waals surface area contributed by atoms with Gasteiger partial charge in [0, 0.05) is 12.1 Å². The highest BCUT2D eigenvalue weighted by molar-refractivity contribution is 7.80. The second-order valence-electron chi connectivity index (χ2n) is 3.23. The van der Waals surface area contributed by atoms with Gasteiger partial charge in [-0.2, -0.15) is 0 Å². The van der Waals surface area contributed by atoms with Crippen molar-refractivity contribution in [2.45, 2.75) is 45.2 Å². The third kappa shape index (κ3) is 1.64. The highest BCUT2D eigenvalue weighted by Crippen LogP contribution is 2.25. The monoisotopic (exact) mass is 172 g/mol. The summed E-state index contributed by atoms with van der Waals surface area (Å²) >= 11 is 4.98. The summed E-state index contributed by atoms with van der Waals surface area (Å²) in [5.41, 5.74) is 5.61. The number of thiocarbonyl (C=S) groups is 1. The Morgan fingerprint density at radius 3 is 2.64 bits per heavy atom. The molecule has 0 aromatic heterocycles. The topological polar surface area (TPSA) is 29.3 Å². The van der Waals surface area contributed by atoms with Crippen LogP contribution in [0, 0.1) is 0 Å². The smallest absolute Gasteiger partial charge is 0.166 e. The fraction of sp³-hybridized carbons (Fsp3) is 0.875. The maximum absolute atomic E-state index is 5.61. The molecule has 0 spiro atoms. The average molecular weight is 172 g/mol. The van der Waals surface area contributed by atoms with Gasteiger partial charge in [0.15, 0.2) is 5.11 Å². The molecule has 0 aliphatic carbocycles. The molecule has 0 radical (unpaired) electrons. The maximum atomic E-state index is 5.61. The molecule has 1 rings (SSSR count). The van der Waals surface area contributed by atoms with Crippen molar-refractivity contribution in [3.8, 4) is 0 Å². The Morgan fingerprint density at radius 1 is 1.64 bits per heavy atom. The summed E-state index contributed by atoms with van der Waals surface area (Å²) < 4.78 is 0. The Bertz CT molecular complexity index is 158. The van der Waals surface area contributed by atoms with Crippen molar-refractivity contribution in [3.63, 3.8) is 0 Å². The van der Waals surface area contributed by atoms with Crippen molar-refractivity contribution in [2.24, 2.45) is 5.73 Å². The zero-order chi connectivity index (χ0) is 8.43. The van der Waals surface area contributed by atoms with E-state index in [4.69, 9.17) is 18.0 Å². The molecule has 0 aromatic carbocycles. The predicted molar refractivity (Wildman–Crippen MR) is 51.4 cm³/mol. The molecule has 0 saturated carbocycles. The highest BCUT2D eigenvalue weighted by Gasteiger charge is 2.29. The molecule has 11 heavy (non-hydrogen) atoms. The summed E-state index contributed by atoms with van der Waals surface area (Å²) in [5, 5.41) is 0.571. The number of hydrogen-bond donors (Lipinski definition) is 1. The number of rotatable bonds is 1. The van der Waals surface area contributed by atoms with Crippen LogP contribution in [0.4, 0.5) is 0 Å². The first-order valence-electron chi connectivity index (χ1n) is 4.24. The Balaban J connectivity index is 2.63. The molecule has 2 N–H and O–H groups in total. The van der Waals surface area contributed by atoms with E-state index in [2.05, 4.69) is 18.7 Å². The normalized spacial score (nSPS) is 30.9. The molecule has 1 aliphatic rings. The minimum atomic E-state index is 0.553. The second-order valence-corrected chi connectivity index (χ2v) is 3.65. The lowest BCUT2D eigenvalue weighted by Gasteiger charge is -2.27. The molecular formula is C8H16N2S. The van der Waals surface area contributed by atoms with E-state index in [-0.39, 0.29) is 0 Å². The van der Waals surface area contributed by atoms with E-state index in [9.17, 15) is 0 Å². The van der Waals surface area contributed by atoms with Gasteiger partial charge < -0.3 is 10.6 Å². The van der Waals surface area contributed by atoms with Gasteiger partial charge in [-0.1, -0.05) is 6.92 Å². The van der Waals surface area contributed by atoms with Crippen molar-refractivity contribution in [2.75, 3.05) is 0 Å². The largest absolute Gasteiger partial charge is 0.376 e.